The number of benzene rings is 1. The van der Waals surface area contributed by atoms with Crippen molar-refractivity contribution in [2.45, 2.75) is 33.7 Å². The van der Waals surface area contributed by atoms with Crippen LogP contribution in [0.25, 0.3) is 11.0 Å². The zero-order chi connectivity index (χ0) is 18.8. The van der Waals surface area contributed by atoms with Crippen LogP contribution < -0.4 is 4.74 Å². The number of nitrogens with one attached hydrogen (secondary N) is 1. The summed E-state index contributed by atoms with van der Waals surface area (Å²) in [5.74, 6) is 1.72. The molecule has 26 heavy (non-hydrogen) atoms. The van der Waals surface area contributed by atoms with Crippen LogP contribution >= 0.6 is 0 Å². The summed E-state index contributed by atoms with van der Waals surface area (Å²) in [5.41, 5.74) is 4.77. The molecule has 0 bridgehead atoms. The van der Waals surface area contributed by atoms with Crippen molar-refractivity contribution < 1.29 is 9.53 Å². The molecule has 0 saturated carbocycles. The van der Waals surface area contributed by atoms with Crippen LogP contribution in [0.4, 0.5) is 0 Å². The van der Waals surface area contributed by atoms with Gasteiger partial charge in [-0.25, -0.2) is 4.98 Å². The quantitative estimate of drug-likeness (QED) is 0.738. The highest BCUT2D eigenvalue weighted by Crippen LogP contribution is 2.19. The molecule has 2 heterocycles. The average Bonchev–Trinajstić information content (AvgIpc) is 3.17. The summed E-state index contributed by atoms with van der Waals surface area (Å²) >= 11 is 0. The SMILES string of the molecule is CCn1c(C)cc(C(=O)N(C)CCc2nc3ccc(OC)cc3[nH]2)c1C. The fourth-order valence-electron chi connectivity index (χ4n) is 3.37. The number of carbonyl (C=O) groups is 1. The monoisotopic (exact) mass is 354 g/mol. The predicted octanol–water partition coefficient (Wildman–Crippen LogP) is 3.32. The minimum atomic E-state index is 0.0515. The van der Waals surface area contributed by atoms with Crippen LogP contribution in [0.5, 0.6) is 5.75 Å². The number of rotatable bonds is 6. The highest BCUT2D eigenvalue weighted by molar-refractivity contribution is 5.95. The molecule has 0 aliphatic carbocycles. The highest BCUT2D eigenvalue weighted by atomic mass is 16.5. The van der Waals surface area contributed by atoms with Gasteiger partial charge in [0.25, 0.3) is 5.91 Å². The van der Waals surface area contributed by atoms with Crippen LogP contribution in [-0.2, 0) is 13.0 Å². The van der Waals surface area contributed by atoms with Gasteiger partial charge in [-0.05, 0) is 39.0 Å². The van der Waals surface area contributed by atoms with E-state index in [1.165, 1.54) is 0 Å². The Morgan fingerprint density at radius 1 is 1.31 bits per heavy atom. The number of aromatic nitrogens is 3. The van der Waals surface area contributed by atoms with Crippen molar-refractivity contribution in [3.63, 3.8) is 0 Å². The molecule has 6 nitrogen and oxygen atoms in total. The average molecular weight is 354 g/mol. The van der Waals surface area contributed by atoms with Crippen molar-refractivity contribution >= 4 is 16.9 Å². The lowest BCUT2D eigenvalue weighted by Crippen LogP contribution is -2.29. The number of H-pyrrole nitrogens is 1. The first kappa shape index (κ1) is 18.0. The van der Waals surface area contributed by atoms with E-state index in [1.54, 1.807) is 12.0 Å². The molecule has 0 radical (unpaired) electrons. The van der Waals surface area contributed by atoms with Gasteiger partial charge in [-0.15, -0.1) is 0 Å². The number of aryl methyl sites for hydroxylation is 1. The normalized spacial score (nSPS) is 11.1. The van der Waals surface area contributed by atoms with Crippen molar-refractivity contribution in [3.8, 4) is 5.75 Å². The van der Waals surface area contributed by atoms with E-state index >= 15 is 0 Å². The Hall–Kier alpha value is -2.76. The second-order valence-electron chi connectivity index (χ2n) is 6.57. The number of hydrogen-bond donors (Lipinski definition) is 1. The highest BCUT2D eigenvalue weighted by Gasteiger charge is 2.18. The summed E-state index contributed by atoms with van der Waals surface area (Å²) in [6, 6.07) is 7.74. The molecule has 3 aromatic rings. The lowest BCUT2D eigenvalue weighted by molar-refractivity contribution is 0.0795. The Bertz CT molecular complexity index is 939. The summed E-state index contributed by atoms with van der Waals surface area (Å²) in [6.07, 6.45) is 0.672. The molecule has 1 N–H and O–H groups in total. The molecule has 1 aromatic carbocycles. The summed E-state index contributed by atoms with van der Waals surface area (Å²) in [7, 11) is 3.49. The lowest BCUT2D eigenvalue weighted by atomic mass is 10.2. The van der Waals surface area contributed by atoms with Crippen molar-refractivity contribution in [3.05, 3.63) is 47.0 Å². The van der Waals surface area contributed by atoms with E-state index in [-0.39, 0.29) is 5.91 Å². The van der Waals surface area contributed by atoms with Gasteiger partial charge in [0.05, 0.1) is 23.7 Å². The molecule has 0 aliphatic rings. The summed E-state index contributed by atoms with van der Waals surface area (Å²) in [5, 5.41) is 0. The molecule has 138 valence electrons. The largest absolute Gasteiger partial charge is 0.497 e. The molecule has 0 fully saturated rings. The van der Waals surface area contributed by atoms with Crippen molar-refractivity contribution in [2.24, 2.45) is 0 Å². The van der Waals surface area contributed by atoms with Gasteiger partial charge in [-0.3, -0.25) is 4.79 Å². The number of likely N-dealkylation sites (N-methyl/N-ethyl adjacent to an activating group) is 1. The number of fused-ring (bicyclic) bond motifs is 1. The third-order valence-corrected chi connectivity index (χ3v) is 4.89. The van der Waals surface area contributed by atoms with Crippen LogP contribution in [-0.4, -0.2) is 46.0 Å². The van der Waals surface area contributed by atoms with Gasteiger partial charge in [0.1, 0.15) is 11.6 Å². The number of amides is 1. The molecule has 1 amide bonds. The minimum Gasteiger partial charge on any atom is -0.497 e. The summed E-state index contributed by atoms with van der Waals surface area (Å²) < 4.78 is 7.40. The van der Waals surface area contributed by atoms with E-state index < -0.39 is 0 Å². The number of methoxy groups -OCH3 is 1. The van der Waals surface area contributed by atoms with Gasteiger partial charge >= 0.3 is 0 Å². The van der Waals surface area contributed by atoms with Crippen LogP contribution in [0.1, 0.15) is 34.5 Å². The Labute approximate surface area is 153 Å². The van der Waals surface area contributed by atoms with Gasteiger partial charge in [0, 0.05) is 44.0 Å². The number of hydrogen-bond acceptors (Lipinski definition) is 3. The third-order valence-electron chi connectivity index (χ3n) is 4.89. The smallest absolute Gasteiger partial charge is 0.255 e. The van der Waals surface area contributed by atoms with E-state index in [1.807, 2.05) is 45.2 Å². The second-order valence-corrected chi connectivity index (χ2v) is 6.57. The molecular weight excluding hydrogens is 328 g/mol. The van der Waals surface area contributed by atoms with Gasteiger partial charge in [-0.1, -0.05) is 0 Å². The number of nitrogens with zero attached hydrogens (tertiary/aromatic N) is 3. The minimum absolute atomic E-state index is 0.0515. The van der Waals surface area contributed by atoms with Crippen molar-refractivity contribution in [2.75, 3.05) is 20.7 Å². The van der Waals surface area contributed by atoms with Gasteiger partial charge in [-0.2, -0.15) is 0 Å². The van der Waals surface area contributed by atoms with Crippen LogP contribution in [0.15, 0.2) is 24.3 Å². The number of carbonyl (C=O) groups excluding carboxylic acids is 1. The molecule has 0 atom stereocenters. The molecule has 0 aliphatic heterocycles. The third kappa shape index (κ3) is 3.31. The maximum absolute atomic E-state index is 12.8. The Morgan fingerprint density at radius 2 is 2.08 bits per heavy atom. The topological polar surface area (TPSA) is 63.1 Å². The second kappa shape index (κ2) is 7.23. The standard InChI is InChI=1S/C20H26N4O2/c1-6-24-13(2)11-16(14(24)3)20(25)23(4)10-9-19-21-17-8-7-15(26-5)12-18(17)22-19/h7-8,11-12H,6,9-10H2,1-5H3,(H,21,22). The molecule has 0 spiro atoms. The Morgan fingerprint density at radius 3 is 2.73 bits per heavy atom. The predicted molar refractivity (Wildman–Crippen MR) is 103 cm³/mol. The van der Waals surface area contributed by atoms with Crippen molar-refractivity contribution in [1.29, 1.82) is 0 Å². The van der Waals surface area contributed by atoms with Crippen LogP contribution in [0.2, 0.25) is 0 Å². The first-order valence-electron chi connectivity index (χ1n) is 8.89. The number of imidazole rings is 1. The van der Waals surface area contributed by atoms with Crippen molar-refractivity contribution in [1.82, 2.24) is 19.4 Å². The molecule has 3 rings (SSSR count). The van der Waals surface area contributed by atoms with Gasteiger partial charge in [0.2, 0.25) is 0 Å². The molecule has 0 unspecified atom stereocenters. The molecular formula is C20H26N4O2. The van der Waals surface area contributed by atoms with E-state index in [2.05, 4.69) is 21.5 Å². The Balaban J connectivity index is 1.70. The van der Waals surface area contributed by atoms with E-state index in [0.29, 0.717) is 13.0 Å². The van der Waals surface area contributed by atoms with Gasteiger partial charge < -0.3 is 19.2 Å². The van der Waals surface area contributed by atoms with Gasteiger partial charge in [0.15, 0.2) is 0 Å². The van der Waals surface area contributed by atoms with E-state index in [9.17, 15) is 4.79 Å². The Kier molecular flexibility index (Phi) is 5.02. The fourth-order valence-corrected chi connectivity index (χ4v) is 3.37. The first-order valence-corrected chi connectivity index (χ1v) is 8.89. The molecule has 2 aromatic heterocycles. The first-order chi connectivity index (χ1) is 12.4. The maximum atomic E-state index is 12.8. The summed E-state index contributed by atoms with van der Waals surface area (Å²) in [4.78, 5) is 22.4. The number of ether oxygens (including phenoxy) is 1. The van der Waals surface area contributed by atoms with E-state index in [4.69, 9.17) is 4.74 Å². The lowest BCUT2D eigenvalue weighted by Gasteiger charge is -2.16. The fraction of sp³-hybridized carbons (Fsp3) is 0.400. The van der Waals surface area contributed by atoms with E-state index in [0.717, 1.165) is 46.1 Å². The molecule has 0 saturated heterocycles. The maximum Gasteiger partial charge on any atom is 0.255 e. The van der Waals surface area contributed by atoms with Crippen LogP contribution in [0.3, 0.4) is 0 Å². The number of aromatic amines is 1. The zero-order valence-corrected chi connectivity index (χ0v) is 16.1. The summed E-state index contributed by atoms with van der Waals surface area (Å²) in [6.45, 7) is 7.61. The van der Waals surface area contributed by atoms with Crippen LogP contribution in [0, 0.1) is 13.8 Å². The zero-order valence-electron chi connectivity index (χ0n) is 16.1. The molecule has 6 heteroatoms.